The van der Waals surface area contributed by atoms with Crippen LogP contribution in [0.5, 0.6) is 0 Å². The van der Waals surface area contributed by atoms with Gasteiger partial charge in [0.15, 0.2) is 0 Å². The van der Waals surface area contributed by atoms with Gasteiger partial charge in [-0.3, -0.25) is 4.90 Å². The van der Waals surface area contributed by atoms with Crippen molar-refractivity contribution >= 4 is 0 Å². The van der Waals surface area contributed by atoms with Crippen molar-refractivity contribution < 1.29 is 13.2 Å². The predicted octanol–water partition coefficient (Wildman–Crippen LogP) is 6.25. The van der Waals surface area contributed by atoms with E-state index in [0.29, 0.717) is 36.7 Å². The van der Waals surface area contributed by atoms with E-state index in [4.69, 9.17) is 9.68 Å². The molecule has 3 aromatic carbocycles. The van der Waals surface area contributed by atoms with Crippen LogP contribution < -0.4 is 0 Å². The van der Waals surface area contributed by atoms with Crippen LogP contribution in [0.25, 0.3) is 22.6 Å². The molecular weight excluding hydrogens is 484 g/mol. The number of rotatable bonds is 7. The highest BCUT2D eigenvalue weighted by molar-refractivity contribution is 5.71. The quantitative estimate of drug-likeness (QED) is 0.293. The second kappa shape index (κ2) is 10.2. The van der Waals surface area contributed by atoms with Gasteiger partial charge in [0.25, 0.3) is 0 Å². The topological polar surface area (TPSA) is 89.7 Å². The summed E-state index contributed by atoms with van der Waals surface area (Å²) in [5.74, 6) is -0.694. The molecule has 4 aromatic rings. The Morgan fingerprint density at radius 2 is 1.68 bits per heavy atom. The minimum atomic E-state index is -1.59. The molecular formula is C30H25F2N5O. The molecule has 0 unspecified atom stereocenters. The molecule has 0 N–H and O–H groups in total. The lowest BCUT2D eigenvalue weighted by atomic mass is 9.72. The first-order valence-electron chi connectivity index (χ1n) is 12.3. The van der Waals surface area contributed by atoms with E-state index in [1.807, 2.05) is 30.3 Å². The van der Waals surface area contributed by atoms with Crippen LogP contribution in [-0.2, 0) is 6.54 Å². The van der Waals surface area contributed by atoms with Crippen LogP contribution >= 0.6 is 0 Å². The van der Waals surface area contributed by atoms with Gasteiger partial charge in [0.05, 0.1) is 23.3 Å². The molecule has 1 aliphatic heterocycles. The van der Waals surface area contributed by atoms with E-state index < -0.39 is 17.4 Å². The summed E-state index contributed by atoms with van der Waals surface area (Å²) in [5, 5.41) is 26.2. The Hall–Kier alpha value is -4.40. The highest BCUT2D eigenvalue weighted by atomic mass is 19.1. The number of alkyl halides is 1. The molecule has 5 rings (SSSR count). The van der Waals surface area contributed by atoms with Crippen LogP contribution in [-0.4, -0.2) is 33.9 Å². The van der Waals surface area contributed by atoms with E-state index >= 15 is 4.39 Å². The number of benzene rings is 3. The molecule has 1 fully saturated rings. The zero-order valence-electron chi connectivity index (χ0n) is 21.0. The van der Waals surface area contributed by atoms with E-state index in [0.717, 1.165) is 22.3 Å². The summed E-state index contributed by atoms with van der Waals surface area (Å²) >= 11 is 0. The molecule has 2 heterocycles. The van der Waals surface area contributed by atoms with Gasteiger partial charge in [-0.1, -0.05) is 12.1 Å². The summed E-state index contributed by atoms with van der Waals surface area (Å²) in [6, 6.07) is 21.6. The second-order valence-electron chi connectivity index (χ2n) is 10.2. The standard InChI is InChI=1S/C30H25F2N5O/c1-30(2,32)28(24-7-20(14-34)10-27(31)12-24)26-16-37(17-26)15-21-8-23(22-5-3-19(13-33)4-6-22)11-25(9-21)29-36-35-18-38-29/h3-12,18,26,28H,15-17H2,1-2H3/t28-/m1/s1. The summed E-state index contributed by atoms with van der Waals surface area (Å²) in [6.07, 6.45) is 1.28. The molecule has 38 heavy (non-hydrogen) atoms. The maximum Gasteiger partial charge on any atom is 0.247 e. The predicted molar refractivity (Wildman–Crippen MR) is 138 cm³/mol. The number of hydrogen-bond donors (Lipinski definition) is 0. The van der Waals surface area contributed by atoms with Crippen molar-refractivity contribution in [2.75, 3.05) is 13.1 Å². The SMILES string of the molecule is CC(C)(F)[C@H](c1cc(F)cc(C#N)c1)C1CN(Cc2cc(-c3ccc(C#N)cc3)cc(-c3nnco3)c2)C1. The Bertz CT molecular complexity index is 1520. The van der Waals surface area contributed by atoms with Gasteiger partial charge in [-0.25, -0.2) is 8.78 Å². The molecule has 0 aliphatic carbocycles. The fourth-order valence-electron chi connectivity index (χ4n) is 5.40. The Morgan fingerprint density at radius 3 is 2.32 bits per heavy atom. The Morgan fingerprint density at radius 1 is 0.974 bits per heavy atom. The first-order valence-corrected chi connectivity index (χ1v) is 12.3. The molecule has 6 nitrogen and oxygen atoms in total. The molecule has 0 bridgehead atoms. The van der Waals surface area contributed by atoms with Gasteiger partial charge >= 0.3 is 0 Å². The monoisotopic (exact) mass is 509 g/mol. The molecule has 1 aromatic heterocycles. The van der Waals surface area contributed by atoms with E-state index in [-0.39, 0.29) is 11.5 Å². The minimum absolute atomic E-state index is 0.0273. The van der Waals surface area contributed by atoms with Gasteiger partial charge in [-0.05, 0) is 90.6 Å². The molecule has 0 amide bonds. The van der Waals surface area contributed by atoms with E-state index in [1.54, 1.807) is 18.2 Å². The maximum absolute atomic E-state index is 15.4. The summed E-state index contributed by atoms with van der Waals surface area (Å²) in [4.78, 5) is 2.21. The fraction of sp³-hybridized carbons (Fsp3) is 0.267. The lowest BCUT2D eigenvalue weighted by molar-refractivity contribution is 0.0212. The maximum atomic E-state index is 15.4. The van der Waals surface area contributed by atoms with Crippen LogP contribution in [0.4, 0.5) is 8.78 Å². The third-order valence-electron chi connectivity index (χ3n) is 6.96. The average molecular weight is 510 g/mol. The Kier molecular flexibility index (Phi) is 6.75. The third kappa shape index (κ3) is 5.32. The molecule has 0 saturated carbocycles. The smallest absolute Gasteiger partial charge is 0.247 e. The van der Waals surface area contributed by atoms with Gasteiger partial charge in [-0.15, -0.1) is 10.2 Å². The number of likely N-dealkylation sites (tertiary alicyclic amines) is 1. The zero-order valence-corrected chi connectivity index (χ0v) is 21.0. The normalized spacial score (nSPS) is 14.9. The average Bonchev–Trinajstić information content (AvgIpc) is 3.41. The molecule has 1 saturated heterocycles. The number of nitrogens with zero attached hydrogens (tertiary/aromatic N) is 5. The highest BCUT2D eigenvalue weighted by Crippen LogP contribution is 2.43. The van der Waals surface area contributed by atoms with Crippen molar-refractivity contribution in [3.63, 3.8) is 0 Å². The van der Waals surface area contributed by atoms with Crippen molar-refractivity contribution in [3.05, 3.63) is 95.1 Å². The highest BCUT2D eigenvalue weighted by Gasteiger charge is 2.43. The summed E-state index contributed by atoms with van der Waals surface area (Å²) < 4.78 is 35.0. The van der Waals surface area contributed by atoms with Gasteiger partial charge in [0, 0.05) is 31.1 Å². The van der Waals surface area contributed by atoms with Crippen LogP contribution in [0.1, 0.15) is 42.0 Å². The fourth-order valence-corrected chi connectivity index (χ4v) is 5.40. The molecule has 0 radical (unpaired) electrons. The first kappa shape index (κ1) is 25.3. The lowest BCUT2D eigenvalue weighted by Gasteiger charge is -2.46. The third-order valence-corrected chi connectivity index (χ3v) is 6.96. The van der Waals surface area contributed by atoms with Crippen molar-refractivity contribution in [3.8, 4) is 34.7 Å². The summed E-state index contributed by atoms with van der Waals surface area (Å²) in [5.41, 5.74) is 3.40. The largest absolute Gasteiger partial charge is 0.423 e. The van der Waals surface area contributed by atoms with Gasteiger partial charge in [-0.2, -0.15) is 10.5 Å². The van der Waals surface area contributed by atoms with Crippen LogP contribution in [0.3, 0.4) is 0 Å². The van der Waals surface area contributed by atoms with Crippen molar-refractivity contribution in [1.29, 1.82) is 10.5 Å². The van der Waals surface area contributed by atoms with Crippen LogP contribution in [0.15, 0.2) is 71.5 Å². The van der Waals surface area contributed by atoms with Crippen LogP contribution in [0.2, 0.25) is 0 Å². The van der Waals surface area contributed by atoms with E-state index in [9.17, 15) is 9.65 Å². The van der Waals surface area contributed by atoms with Crippen LogP contribution in [0, 0.1) is 34.4 Å². The molecule has 0 spiro atoms. The molecule has 8 heteroatoms. The molecule has 190 valence electrons. The number of aromatic nitrogens is 2. The number of nitriles is 2. The van der Waals surface area contributed by atoms with E-state index in [1.165, 1.54) is 32.4 Å². The molecule has 1 atom stereocenters. The Balaban J connectivity index is 1.39. The van der Waals surface area contributed by atoms with Gasteiger partial charge in [0.2, 0.25) is 12.3 Å². The Labute approximate surface area is 219 Å². The van der Waals surface area contributed by atoms with E-state index in [2.05, 4.69) is 27.2 Å². The number of hydrogen-bond acceptors (Lipinski definition) is 6. The minimum Gasteiger partial charge on any atom is -0.423 e. The molecule has 1 aliphatic rings. The first-order chi connectivity index (χ1) is 18.2. The second-order valence-corrected chi connectivity index (χ2v) is 10.2. The summed E-state index contributed by atoms with van der Waals surface area (Å²) in [7, 11) is 0. The summed E-state index contributed by atoms with van der Waals surface area (Å²) in [6.45, 7) is 4.90. The van der Waals surface area contributed by atoms with Crippen molar-refractivity contribution in [2.45, 2.75) is 32.0 Å². The van der Waals surface area contributed by atoms with Crippen molar-refractivity contribution in [1.82, 2.24) is 15.1 Å². The lowest BCUT2D eigenvalue weighted by Crippen LogP contribution is -2.52. The zero-order chi connectivity index (χ0) is 26.9. The van der Waals surface area contributed by atoms with Gasteiger partial charge < -0.3 is 4.42 Å². The van der Waals surface area contributed by atoms with Crippen molar-refractivity contribution in [2.24, 2.45) is 5.92 Å². The number of halogens is 2. The van der Waals surface area contributed by atoms with Gasteiger partial charge in [0.1, 0.15) is 11.5 Å².